The number of hydrogen-bond donors (Lipinski definition) is 1. The SMILES string of the molecule is COc1ccc(CN(Cc2ccc(OC)cc2)S(=O)(=O)c2ccn([C@@H](C)CO)n2)cc1. The Hall–Kier alpha value is -2.88. The van der Waals surface area contributed by atoms with Crippen LogP contribution < -0.4 is 9.47 Å². The molecule has 8 nitrogen and oxygen atoms in total. The minimum Gasteiger partial charge on any atom is -0.497 e. The zero-order valence-electron chi connectivity index (χ0n) is 17.8. The highest BCUT2D eigenvalue weighted by Gasteiger charge is 2.28. The third-order valence-corrected chi connectivity index (χ3v) is 6.62. The van der Waals surface area contributed by atoms with Crippen molar-refractivity contribution < 1.29 is 23.0 Å². The summed E-state index contributed by atoms with van der Waals surface area (Å²) in [6.45, 7) is 1.96. The molecule has 0 radical (unpaired) electrons. The Balaban J connectivity index is 1.93. The van der Waals surface area contributed by atoms with Crippen LogP contribution >= 0.6 is 0 Å². The maximum atomic E-state index is 13.4. The third kappa shape index (κ3) is 5.43. The maximum absolute atomic E-state index is 13.4. The van der Waals surface area contributed by atoms with Crippen molar-refractivity contribution in [2.75, 3.05) is 20.8 Å². The predicted molar refractivity (Wildman–Crippen MR) is 116 cm³/mol. The van der Waals surface area contributed by atoms with E-state index in [0.29, 0.717) is 11.5 Å². The van der Waals surface area contributed by atoms with E-state index in [-0.39, 0.29) is 30.8 Å². The zero-order valence-corrected chi connectivity index (χ0v) is 18.6. The highest BCUT2D eigenvalue weighted by Crippen LogP contribution is 2.23. The molecule has 0 aliphatic carbocycles. The van der Waals surface area contributed by atoms with Crippen LogP contribution in [0.5, 0.6) is 11.5 Å². The molecular formula is C22H27N3O5S. The van der Waals surface area contributed by atoms with E-state index in [1.54, 1.807) is 51.6 Å². The molecule has 0 aliphatic heterocycles. The van der Waals surface area contributed by atoms with Gasteiger partial charge in [-0.25, -0.2) is 8.42 Å². The van der Waals surface area contributed by atoms with E-state index in [2.05, 4.69) is 5.10 Å². The second-order valence-electron chi connectivity index (χ2n) is 7.13. The molecular weight excluding hydrogens is 418 g/mol. The summed E-state index contributed by atoms with van der Waals surface area (Å²) in [6.07, 6.45) is 1.56. The summed E-state index contributed by atoms with van der Waals surface area (Å²) >= 11 is 0. The first kappa shape index (κ1) is 22.8. The molecule has 0 spiro atoms. The molecule has 2 aromatic carbocycles. The molecule has 166 valence electrons. The van der Waals surface area contributed by atoms with Gasteiger partial charge in [-0.05, 0) is 48.4 Å². The van der Waals surface area contributed by atoms with Crippen LogP contribution in [-0.2, 0) is 23.1 Å². The van der Waals surface area contributed by atoms with Crippen LogP contribution in [0.15, 0.2) is 65.8 Å². The van der Waals surface area contributed by atoms with Crippen molar-refractivity contribution in [2.24, 2.45) is 0 Å². The molecule has 1 N–H and O–H groups in total. The first-order valence-electron chi connectivity index (χ1n) is 9.79. The summed E-state index contributed by atoms with van der Waals surface area (Å²) in [5, 5.41) is 13.5. The quantitative estimate of drug-likeness (QED) is 0.516. The first-order chi connectivity index (χ1) is 14.9. The van der Waals surface area contributed by atoms with Crippen LogP contribution in [0, 0.1) is 0 Å². The van der Waals surface area contributed by atoms with Gasteiger partial charge in [-0.15, -0.1) is 0 Å². The largest absolute Gasteiger partial charge is 0.497 e. The van der Waals surface area contributed by atoms with Crippen LogP contribution in [0.25, 0.3) is 0 Å². The van der Waals surface area contributed by atoms with Gasteiger partial charge in [-0.1, -0.05) is 24.3 Å². The molecule has 0 unspecified atom stereocenters. The highest BCUT2D eigenvalue weighted by atomic mass is 32.2. The van der Waals surface area contributed by atoms with Crippen molar-refractivity contribution in [3.05, 3.63) is 71.9 Å². The normalized spacial score (nSPS) is 12.7. The standard InChI is InChI=1S/C22H27N3O5S/c1-17(16-26)25-13-12-22(23-25)31(27,28)24(14-18-4-8-20(29-2)9-5-18)15-19-6-10-21(30-3)11-7-19/h4-13,17,26H,14-16H2,1-3H3/t17-/m0/s1. The second kappa shape index (κ2) is 9.95. The van der Waals surface area contributed by atoms with Gasteiger partial charge in [-0.3, -0.25) is 4.68 Å². The Morgan fingerprint density at radius 2 is 1.42 bits per heavy atom. The fourth-order valence-corrected chi connectivity index (χ4v) is 4.35. The van der Waals surface area contributed by atoms with Gasteiger partial charge >= 0.3 is 0 Å². The van der Waals surface area contributed by atoms with Crippen molar-refractivity contribution >= 4 is 10.0 Å². The number of methoxy groups -OCH3 is 2. The molecule has 0 aliphatic rings. The summed E-state index contributed by atoms with van der Waals surface area (Å²) in [5.74, 6) is 1.40. The van der Waals surface area contributed by atoms with Crippen molar-refractivity contribution in [3.63, 3.8) is 0 Å². The topological polar surface area (TPSA) is 93.9 Å². The number of nitrogens with zero attached hydrogens (tertiary/aromatic N) is 3. The molecule has 0 saturated heterocycles. The number of rotatable bonds is 10. The molecule has 0 amide bonds. The van der Waals surface area contributed by atoms with Gasteiger partial charge in [0.15, 0.2) is 5.03 Å². The lowest BCUT2D eigenvalue weighted by Crippen LogP contribution is -2.31. The lowest BCUT2D eigenvalue weighted by Gasteiger charge is -2.22. The Morgan fingerprint density at radius 3 is 1.84 bits per heavy atom. The summed E-state index contributed by atoms with van der Waals surface area (Å²) in [7, 11) is -0.728. The van der Waals surface area contributed by atoms with Crippen LogP contribution in [0.2, 0.25) is 0 Å². The molecule has 1 aromatic heterocycles. The van der Waals surface area contributed by atoms with Crippen LogP contribution in [0.1, 0.15) is 24.1 Å². The number of aliphatic hydroxyl groups excluding tert-OH is 1. The molecule has 0 bridgehead atoms. The smallest absolute Gasteiger partial charge is 0.262 e. The summed E-state index contributed by atoms with van der Waals surface area (Å²) in [5.41, 5.74) is 1.64. The summed E-state index contributed by atoms with van der Waals surface area (Å²) < 4.78 is 40.1. The Bertz CT molecular complexity index is 1030. The van der Waals surface area contributed by atoms with Gasteiger partial charge in [0.05, 0.1) is 26.9 Å². The second-order valence-corrected chi connectivity index (χ2v) is 9.02. The Labute approximate surface area is 182 Å². The van der Waals surface area contributed by atoms with Gasteiger partial charge < -0.3 is 14.6 Å². The molecule has 31 heavy (non-hydrogen) atoms. The fraction of sp³-hybridized carbons (Fsp3) is 0.318. The van der Waals surface area contributed by atoms with E-state index < -0.39 is 10.0 Å². The molecule has 3 rings (SSSR count). The van der Waals surface area contributed by atoms with E-state index in [1.807, 2.05) is 24.3 Å². The molecule has 9 heteroatoms. The molecule has 3 aromatic rings. The predicted octanol–water partition coefficient (Wildman–Crippen LogP) is 2.84. The van der Waals surface area contributed by atoms with Gasteiger partial charge in [0.2, 0.25) is 0 Å². The average molecular weight is 446 g/mol. The van der Waals surface area contributed by atoms with Gasteiger partial charge in [0, 0.05) is 19.3 Å². The van der Waals surface area contributed by atoms with Crippen LogP contribution in [-0.4, -0.2) is 48.4 Å². The molecule has 1 heterocycles. The van der Waals surface area contributed by atoms with E-state index in [0.717, 1.165) is 11.1 Å². The van der Waals surface area contributed by atoms with E-state index in [9.17, 15) is 13.5 Å². The van der Waals surface area contributed by atoms with Gasteiger partial charge in [0.1, 0.15) is 11.5 Å². The monoisotopic (exact) mass is 445 g/mol. The minimum atomic E-state index is -3.89. The minimum absolute atomic E-state index is 0.0603. The summed E-state index contributed by atoms with van der Waals surface area (Å²) in [4.78, 5) is 0. The van der Waals surface area contributed by atoms with Crippen molar-refractivity contribution in [1.82, 2.24) is 14.1 Å². The zero-order chi connectivity index (χ0) is 22.4. The van der Waals surface area contributed by atoms with Crippen LogP contribution in [0.4, 0.5) is 0 Å². The molecule has 1 atom stereocenters. The van der Waals surface area contributed by atoms with Gasteiger partial charge in [0.25, 0.3) is 10.0 Å². The molecule has 0 fully saturated rings. The first-order valence-corrected chi connectivity index (χ1v) is 11.2. The lowest BCUT2D eigenvalue weighted by molar-refractivity contribution is 0.228. The lowest BCUT2D eigenvalue weighted by atomic mass is 10.2. The van der Waals surface area contributed by atoms with Crippen molar-refractivity contribution in [1.29, 1.82) is 0 Å². The summed E-state index contributed by atoms with van der Waals surface area (Å²) in [6, 6.07) is 15.7. The molecule has 0 saturated carbocycles. The Morgan fingerprint density at radius 1 is 0.935 bits per heavy atom. The number of ether oxygens (including phenoxy) is 2. The fourth-order valence-electron chi connectivity index (χ4n) is 3.01. The number of benzene rings is 2. The maximum Gasteiger partial charge on any atom is 0.262 e. The Kier molecular flexibility index (Phi) is 7.32. The van der Waals surface area contributed by atoms with E-state index in [4.69, 9.17) is 9.47 Å². The number of hydrogen-bond acceptors (Lipinski definition) is 6. The van der Waals surface area contributed by atoms with E-state index >= 15 is 0 Å². The van der Waals surface area contributed by atoms with Gasteiger partial charge in [-0.2, -0.15) is 9.40 Å². The highest BCUT2D eigenvalue weighted by molar-refractivity contribution is 7.89. The van der Waals surface area contributed by atoms with Crippen molar-refractivity contribution in [3.8, 4) is 11.5 Å². The number of aliphatic hydroxyl groups is 1. The number of sulfonamides is 1. The van der Waals surface area contributed by atoms with Crippen molar-refractivity contribution in [2.45, 2.75) is 31.1 Å². The van der Waals surface area contributed by atoms with E-state index in [1.165, 1.54) is 15.1 Å². The third-order valence-electron chi connectivity index (χ3n) is 4.94. The number of aromatic nitrogens is 2. The average Bonchev–Trinajstić information content (AvgIpc) is 3.30. The van der Waals surface area contributed by atoms with Crippen LogP contribution in [0.3, 0.4) is 0 Å².